The van der Waals surface area contributed by atoms with E-state index in [1.807, 2.05) is 28.0 Å². The van der Waals surface area contributed by atoms with Gasteiger partial charge in [-0.2, -0.15) is 0 Å². The van der Waals surface area contributed by atoms with Crippen molar-refractivity contribution in [1.29, 1.82) is 0 Å². The van der Waals surface area contributed by atoms with Crippen molar-refractivity contribution >= 4 is 11.8 Å². The molecule has 172 valence electrons. The van der Waals surface area contributed by atoms with E-state index in [-0.39, 0.29) is 11.8 Å². The minimum atomic E-state index is -0.0350. The molecule has 1 aliphatic carbocycles. The van der Waals surface area contributed by atoms with Gasteiger partial charge in [-0.05, 0) is 51.3 Å². The van der Waals surface area contributed by atoms with Crippen LogP contribution in [0.3, 0.4) is 0 Å². The van der Waals surface area contributed by atoms with Crippen molar-refractivity contribution in [2.24, 2.45) is 0 Å². The van der Waals surface area contributed by atoms with Gasteiger partial charge < -0.3 is 19.1 Å². The number of ether oxygens (including phenoxy) is 1. The van der Waals surface area contributed by atoms with E-state index in [2.05, 4.69) is 24.5 Å². The van der Waals surface area contributed by atoms with E-state index in [1.165, 1.54) is 37.8 Å². The van der Waals surface area contributed by atoms with Crippen LogP contribution in [-0.2, 0) is 0 Å². The number of aromatic nitrogens is 1. The van der Waals surface area contributed by atoms with Gasteiger partial charge in [0.25, 0.3) is 11.8 Å². The molecule has 4 rings (SSSR count). The summed E-state index contributed by atoms with van der Waals surface area (Å²) in [6, 6.07) is 9.91. The van der Waals surface area contributed by atoms with Crippen LogP contribution in [0.25, 0.3) is 0 Å². The molecule has 0 unspecified atom stereocenters. The highest BCUT2D eigenvalue weighted by molar-refractivity contribution is 5.97. The second kappa shape index (κ2) is 9.80. The summed E-state index contributed by atoms with van der Waals surface area (Å²) in [6.45, 7) is 6.60. The molecule has 1 saturated carbocycles. The van der Waals surface area contributed by atoms with Crippen molar-refractivity contribution in [2.75, 3.05) is 33.3 Å². The molecular weight excluding hydrogens is 402 g/mol. The molecule has 2 aromatic rings. The fourth-order valence-electron chi connectivity index (χ4n) is 5.38. The molecule has 6 nitrogen and oxygen atoms in total. The Morgan fingerprint density at radius 1 is 0.844 bits per heavy atom. The van der Waals surface area contributed by atoms with Gasteiger partial charge in [0.1, 0.15) is 5.75 Å². The van der Waals surface area contributed by atoms with E-state index in [0.717, 1.165) is 17.7 Å². The van der Waals surface area contributed by atoms with E-state index >= 15 is 0 Å². The van der Waals surface area contributed by atoms with E-state index in [1.54, 1.807) is 13.2 Å². The maximum atomic E-state index is 13.5. The van der Waals surface area contributed by atoms with Crippen LogP contribution in [0.15, 0.2) is 30.3 Å². The second-order valence-corrected chi connectivity index (χ2v) is 9.08. The van der Waals surface area contributed by atoms with Gasteiger partial charge in [-0.15, -0.1) is 0 Å². The molecule has 0 spiro atoms. The minimum Gasteiger partial charge on any atom is -0.496 e. The van der Waals surface area contributed by atoms with Crippen molar-refractivity contribution in [3.05, 3.63) is 52.8 Å². The van der Waals surface area contributed by atoms with Crippen LogP contribution in [0.1, 0.15) is 76.7 Å². The Kier molecular flexibility index (Phi) is 6.87. The molecule has 2 heterocycles. The van der Waals surface area contributed by atoms with Gasteiger partial charge in [0.05, 0.1) is 18.2 Å². The first-order valence-corrected chi connectivity index (χ1v) is 11.9. The van der Waals surface area contributed by atoms with Gasteiger partial charge >= 0.3 is 0 Å². The first kappa shape index (κ1) is 22.4. The summed E-state index contributed by atoms with van der Waals surface area (Å²) >= 11 is 0. The molecule has 2 fully saturated rings. The van der Waals surface area contributed by atoms with Gasteiger partial charge in [-0.25, -0.2) is 0 Å². The highest BCUT2D eigenvalue weighted by Gasteiger charge is 2.28. The molecule has 0 atom stereocenters. The number of hydrogen-bond donors (Lipinski definition) is 0. The molecule has 2 aliphatic rings. The summed E-state index contributed by atoms with van der Waals surface area (Å²) in [4.78, 5) is 30.3. The zero-order chi connectivity index (χ0) is 22.7. The Balaban J connectivity index is 1.47. The summed E-state index contributed by atoms with van der Waals surface area (Å²) in [5.74, 6) is 0.642. The molecule has 0 N–H and O–H groups in total. The average Bonchev–Trinajstić information content (AvgIpc) is 2.98. The van der Waals surface area contributed by atoms with Crippen molar-refractivity contribution < 1.29 is 14.3 Å². The van der Waals surface area contributed by atoms with Gasteiger partial charge in [0.15, 0.2) is 0 Å². The lowest BCUT2D eigenvalue weighted by atomic mass is 9.95. The summed E-state index contributed by atoms with van der Waals surface area (Å²) < 4.78 is 7.76. The number of amides is 2. The van der Waals surface area contributed by atoms with Crippen molar-refractivity contribution in [3.63, 3.8) is 0 Å². The monoisotopic (exact) mass is 437 g/mol. The van der Waals surface area contributed by atoms with E-state index in [4.69, 9.17) is 4.74 Å². The van der Waals surface area contributed by atoms with Gasteiger partial charge in [0.2, 0.25) is 0 Å². The van der Waals surface area contributed by atoms with Crippen LogP contribution in [0, 0.1) is 13.8 Å². The maximum Gasteiger partial charge on any atom is 0.257 e. The number of benzene rings is 1. The normalized spacial score (nSPS) is 17.8. The number of carbonyl (C=O) groups excluding carboxylic acids is 2. The molecule has 1 aliphatic heterocycles. The molecule has 1 aromatic heterocycles. The molecule has 0 bridgehead atoms. The minimum absolute atomic E-state index is 0.0350. The van der Waals surface area contributed by atoms with Crippen LogP contribution < -0.4 is 4.74 Å². The average molecular weight is 438 g/mol. The van der Waals surface area contributed by atoms with E-state index in [0.29, 0.717) is 43.5 Å². The van der Waals surface area contributed by atoms with Crippen LogP contribution in [0.2, 0.25) is 0 Å². The molecule has 0 radical (unpaired) electrons. The van der Waals surface area contributed by atoms with Gasteiger partial charge in [-0.3, -0.25) is 9.59 Å². The predicted octanol–water partition coefficient (Wildman–Crippen LogP) is 4.61. The topological polar surface area (TPSA) is 54.8 Å². The molecule has 1 saturated heterocycles. The molecular formula is C26H35N3O3. The van der Waals surface area contributed by atoms with E-state index < -0.39 is 0 Å². The number of carbonyl (C=O) groups is 2. The number of para-hydroxylation sites is 1. The van der Waals surface area contributed by atoms with Crippen molar-refractivity contribution in [2.45, 2.75) is 58.4 Å². The number of hydrogen-bond acceptors (Lipinski definition) is 3. The quantitative estimate of drug-likeness (QED) is 0.702. The lowest BCUT2D eigenvalue weighted by Crippen LogP contribution is -2.37. The summed E-state index contributed by atoms with van der Waals surface area (Å²) in [6.07, 6.45) is 7.04. The summed E-state index contributed by atoms with van der Waals surface area (Å²) in [5, 5.41) is 0. The van der Waals surface area contributed by atoms with Crippen molar-refractivity contribution in [3.8, 4) is 5.75 Å². The van der Waals surface area contributed by atoms with Crippen molar-refractivity contribution in [1.82, 2.24) is 14.4 Å². The highest BCUT2D eigenvalue weighted by atomic mass is 16.5. The van der Waals surface area contributed by atoms with E-state index in [9.17, 15) is 9.59 Å². The third-order valence-electron chi connectivity index (χ3n) is 7.06. The second-order valence-electron chi connectivity index (χ2n) is 9.08. The Hall–Kier alpha value is -2.76. The van der Waals surface area contributed by atoms with Crippen LogP contribution in [0.4, 0.5) is 0 Å². The Morgan fingerprint density at radius 3 is 2.12 bits per heavy atom. The molecule has 32 heavy (non-hydrogen) atoms. The number of methoxy groups -OCH3 is 1. The number of aryl methyl sites for hydroxylation is 1. The van der Waals surface area contributed by atoms with Gasteiger partial charge in [0, 0.05) is 43.6 Å². The van der Waals surface area contributed by atoms with Crippen LogP contribution >= 0.6 is 0 Å². The molecule has 6 heteroatoms. The zero-order valence-corrected chi connectivity index (χ0v) is 19.6. The lowest BCUT2D eigenvalue weighted by molar-refractivity contribution is 0.0716. The first-order valence-electron chi connectivity index (χ1n) is 11.9. The summed E-state index contributed by atoms with van der Waals surface area (Å²) in [5.41, 5.74) is 3.66. The number of nitrogens with zero attached hydrogens (tertiary/aromatic N) is 3. The predicted molar refractivity (Wildman–Crippen MR) is 125 cm³/mol. The lowest BCUT2D eigenvalue weighted by Gasteiger charge is -2.27. The Morgan fingerprint density at radius 2 is 1.47 bits per heavy atom. The van der Waals surface area contributed by atoms with Gasteiger partial charge in [-0.1, -0.05) is 31.4 Å². The third-order valence-corrected chi connectivity index (χ3v) is 7.06. The number of rotatable bonds is 4. The fraction of sp³-hybridized carbons (Fsp3) is 0.538. The Bertz CT molecular complexity index is 975. The van der Waals surface area contributed by atoms with Crippen LogP contribution in [0.5, 0.6) is 5.75 Å². The zero-order valence-electron chi connectivity index (χ0n) is 19.6. The molecule has 1 aromatic carbocycles. The SMILES string of the molecule is COc1ccccc1C(=O)N1CCCN(C(=O)c2cc(C)n(C3CCCCC3)c2C)CC1. The smallest absolute Gasteiger partial charge is 0.257 e. The first-order chi connectivity index (χ1) is 15.5. The van der Waals surface area contributed by atoms with Crippen LogP contribution in [-0.4, -0.2) is 59.5 Å². The fourth-order valence-corrected chi connectivity index (χ4v) is 5.38. The third kappa shape index (κ3) is 4.41. The highest BCUT2D eigenvalue weighted by Crippen LogP contribution is 2.32. The Labute approximate surface area is 191 Å². The molecule has 2 amide bonds. The largest absolute Gasteiger partial charge is 0.496 e. The maximum absolute atomic E-state index is 13.5. The summed E-state index contributed by atoms with van der Waals surface area (Å²) in [7, 11) is 1.58. The standard InChI is InChI=1S/C26H35N3O3/c1-19-18-23(20(2)29(19)21-10-5-4-6-11-21)26(31)28-15-9-14-27(16-17-28)25(30)22-12-7-8-13-24(22)32-3/h7-8,12-13,18,21H,4-6,9-11,14-17H2,1-3H3.